The number of fused-ring (bicyclic) bond motifs is 5. The first kappa shape index (κ1) is 10.7. The first-order valence-electron chi connectivity index (χ1n) is 6.83. The molecule has 2 bridgehead atoms. The Balaban J connectivity index is 2.03. The molecule has 1 aliphatic heterocycles. The minimum Gasteiger partial charge on any atom is -0.119 e. The van der Waals surface area contributed by atoms with Crippen LogP contribution in [0.5, 0.6) is 0 Å². The van der Waals surface area contributed by atoms with Crippen molar-refractivity contribution in [2.75, 3.05) is 0 Å². The van der Waals surface area contributed by atoms with E-state index in [1.54, 1.807) is 0 Å². The van der Waals surface area contributed by atoms with Gasteiger partial charge in [-0.05, 0) is 44.1 Å². The number of hydrogen-bond donors (Lipinski definition) is 0. The van der Waals surface area contributed by atoms with Gasteiger partial charge < -0.3 is 0 Å². The largest absolute Gasteiger partial charge is 0.186 e. The third-order valence-corrected chi connectivity index (χ3v) is 5.02. The molecule has 2 nitrogen and oxygen atoms in total. The summed E-state index contributed by atoms with van der Waals surface area (Å²) in [6, 6.07) is 0.744. The highest BCUT2D eigenvalue weighted by molar-refractivity contribution is 5.07. The third-order valence-electron chi connectivity index (χ3n) is 5.02. The molecule has 4 atom stereocenters. The van der Waals surface area contributed by atoms with Gasteiger partial charge in [-0.15, -0.1) is 4.70 Å². The Morgan fingerprint density at radius 3 is 2.38 bits per heavy atom. The normalized spacial score (nSPS) is 44.7. The maximum atomic E-state index is 5.05. The Kier molecular flexibility index (Phi) is 1.93. The van der Waals surface area contributed by atoms with E-state index in [-0.39, 0.29) is 11.1 Å². The van der Waals surface area contributed by atoms with Crippen molar-refractivity contribution >= 4 is 0 Å². The van der Waals surface area contributed by atoms with Crippen LogP contribution < -0.4 is 0 Å². The number of nitrogens with zero attached hydrogens (tertiary/aromatic N) is 2. The van der Waals surface area contributed by atoms with Gasteiger partial charge >= 0.3 is 0 Å². The van der Waals surface area contributed by atoms with Gasteiger partial charge in [-0.1, -0.05) is 0 Å². The number of hydrogen-bond acceptors (Lipinski definition) is 1. The average molecular weight is 221 g/mol. The Morgan fingerprint density at radius 1 is 1.12 bits per heavy atom. The summed E-state index contributed by atoms with van der Waals surface area (Å²) >= 11 is 0. The second-order valence-corrected chi connectivity index (χ2v) is 7.62. The van der Waals surface area contributed by atoms with E-state index in [1.165, 1.54) is 19.3 Å². The van der Waals surface area contributed by atoms with Gasteiger partial charge in [-0.25, -0.2) is 0 Å². The summed E-state index contributed by atoms with van der Waals surface area (Å²) < 4.78 is 2.46. The molecule has 0 aromatic carbocycles. The standard InChI is InChI=1S/C14H25N2/c1-13(2,3)16-12-10-7-6-9(8-10)11(12)14(4,5)15-16/h9-12H,6-8H2,1-5H3/q+1/t9-,10+,11+,12-/m1/s1. The van der Waals surface area contributed by atoms with E-state index in [0.717, 1.165) is 23.8 Å². The van der Waals surface area contributed by atoms with Gasteiger partial charge in [0.15, 0.2) is 11.6 Å². The van der Waals surface area contributed by atoms with Crippen molar-refractivity contribution in [1.82, 2.24) is 0 Å². The smallest absolute Gasteiger partial charge is 0.119 e. The fourth-order valence-corrected chi connectivity index (χ4v) is 4.62. The van der Waals surface area contributed by atoms with Gasteiger partial charge in [0.25, 0.3) is 0 Å². The van der Waals surface area contributed by atoms with Gasteiger partial charge in [0.05, 0.1) is 5.92 Å². The van der Waals surface area contributed by atoms with Crippen molar-refractivity contribution in [3.8, 4) is 0 Å². The van der Waals surface area contributed by atoms with E-state index >= 15 is 0 Å². The monoisotopic (exact) mass is 221 g/mol. The zero-order chi connectivity index (χ0) is 11.7. The maximum Gasteiger partial charge on any atom is 0.186 e. The second kappa shape index (κ2) is 2.88. The third kappa shape index (κ3) is 1.25. The van der Waals surface area contributed by atoms with E-state index in [9.17, 15) is 0 Å². The van der Waals surface area contributed by atoms with Crippen LogP contribution in [0.3, 0.4) is 0 Å². The molecule has 0 unspecified atom stereocenters. The summed E-state index contributed by atoms with van der Waals surface area (Å²) in [5.74, 6) is 2.71. The molecule has 0 aromatic heterocycles. The average Bonchev–Trinajstić information content (AvgIpc) is 2.74. The van der Waals surface area contributed by atoms with Gasteiger partial charge in [-0.2, -0.15) is 0 Å². The Morgan fingerprint density at radius 2 is 1.75 bits per heavy atom. The van der Waals surface area contributed by atoms with Crippen LogP contribution in [-0.4, -0.2) is 21.8 Å². The quantitative estimate of drug-likeness (QED) is 0.557. The van der Waals surface area contributed by atoms with Crippen molar-refractivity contribution in [1.29, 1.82) is 0 Å². The second-order valence-electron chi connectivity index (χ2n) is 7.62. The molecule has 2 aliphatic carbocycles. The van der Waals surface area contributed by atoms with Crippen LogP contribution in [0.15, 0.2) is 5.11 Å². The first-order chi connectivity index (χ1) is 7.31. The van der Waals surface area contributed by atoms with Crippen LogP contribution in [0.4, 0.5) is 0 Å². The van der Waals surface area contributed by atoms with Gasteiger partial charge in [0, 0.05) is 26.7 Å². The molecular weight excluding hydrogens is 196 g/mol. The van der Waals surface area contributed by atoms with Crippen molar-refractivity contribution in [2.24, 2.45) is 22.9 Å². The molecule has 2 fully saturated rings. The zero-order valence-electron chi connectivity index (χ0n) is 11.3. The topological polar surface area (TPSA) is 15.4 Å². The molecule has 1 heterocycles. The summed E-state index contributed by atoms with van der Waals surface area (Å²) in [6.07, 6.45) is 4.38. The molecule has 0 aromatic rings. The molecule has 3 rings (SSSR count). The fourth-order valence-electron chi connectivity index (χ4n) is 4.62. The van der Waals surface area contributed by atoms with E-state index in [4.69, 9.17) is 5.11 Å². The molecular formula is C14H25N2+. The predicted molar refractivity (Wildman–Crippen MR) is 64.6 cm³/mol. The minimum absolute atomic E-state index is 0.178. The van der Waals surface area contributed by atoms with Crippen molar-refractivity contribution < 1.29 is 4.70 Å². The van der Waals surface area contributed by atoms with Crippen molar-refractivity contribution in [3.63, 3.8) is 0 Å². The number of rotatable bonds is 0. The van der Waals surface area contributed by atoms with E-state index in [0.29, 0.717) is 0 Å². The van der Waals surface area contributed by atoms with E-state index < -0.39 is 0 Å². The van der Waals surface area contributed by atoms with Crippen LogP contribution in [0.2, 0.25) is 0 Å². The molecule has 16 heavy (non-hydrogen) atoms. The fraction of sp³-hybridized carbons (Fsp3) is 1.00. The molecule has 2 heteroatoms. The Bertz CT molecular complexity index is 348. The molecule has 0 amide bonds. The van der Waals surface area contributed by atoms with Crippen LogP contribution in [0.25, 0.3) is 0 Å². The highest BCUT2D eigenvalue weighted by Gasteiger charge is 2.65. The van der Waals surface area contributed by atoms with Crippen LogP contribution in [0, 0.1) is 17.8 Å². The summed E-state index contributed by atoms with van der Waals surface area (Å²) in [5.41, 5.74) is 0.374. The Hall–Kier alpha value is -0.400. The van der Waals surface area contributed by atoms with Crippen molar-refractivity contribution in [2.45, 2.75) is 71.0 Å². The molecule has 3 aliphatic rings. The van der Waals surface area contributed by atoms with Crippen LogP contribution >= 0.6 is 0 Å². The van der Waals surface area contributed by atoms with Gasteiger partial charge in [0.1, 0.15) is 5.54 Å². The van der Waals surface area contributed by atoms with Gasteiger partial charge in [-0.3, -0.25) is 0 Å². The molecule has 0 saturated heterocycles. The summed E-state index contributed by atoms with van der Waals surface area (Å²) in [4.78, 5) is 0. The summed E-state index contributed by atoms with van der Waals surface area (Å²) in [5, 5.41) is 5.05. The first-order valence-corrected chi connectivity index (χ1v) is 6.83. The maximum absolute atomic E-state index is 5.05. The predicted octanol–water partition coefficient (Wildman–Crippen LogP) is 3.46. The Labute approximate surface area is 99.1 Å². The molecule has 0 spiro atoms. The summed E-state index contributed by atoms with van der Waals surface area (Å²) in [7, 11) is 0. The SMILES string of the molecule is CC1(C)N=[N+](C(C)(C)C)[C@@H]2[C@H]3CC[C@H](C3)[C@@H]21. The molecule has 90 valence electrons. The highest BCUT2D eigenvalue weighted by atomic mass is 15.4. The lowest BCUT2D eigenvalue weighted by Gasteiger charge is -2.28. The molecule has 0 radical (unpaired) electrons. The van der Waals surface area contributed by atoms with Crippen molar-refractivity contribution in [3.05, 3.63) is 0 Å². The zero-order valence-corrected chi connectivity index (χ0v) is 11.3. The number of azo groups is 2. The highest BCUT2D eigenvalue weighted by Crippen LogP contribution is 2.57. The van der Waals surface area contributed by atoms with Gasteiger partial charge in [0.2, 0.25) is 0 Å². The summed E-state index contributed by atoms with van der Waals surface area (Å²) in [6.45, 7) is 11.6. The van der Waals surface area contributed by atoms with Crippen LogP contribution in [0.1, 0.15) is 53.9 Å². The minimum atomic E-state index is 0.178. The lowest BCUT2D eigenvalue weighted by atomic mass is 9.74. The van der Waals surface area contributed by atoms with E-state index in [2.05, 4.69) is 39.3 Å². The molecule has 2 saturated carbocycles. The van der Waals surface area contributed by atoms with Crippen LogP contribution in [-0.2, 0) is 0 Å². The lowest BCUT2D eigenvalue weighted by molar-refractivity contribution is -0.683. The lowest BCUT2D eigenvalue weighted by Crippen LogP contribution is -2.44. The molecule has 0 N–H and O–H groups in total. The van der Waals surface area contributed by atoms with E-state index in [1.807, 2.05) is 0 Å².